The molecule has 0 aliphatic carbocycles. The Labute approximate surface area is 110 Å². The van der Waals surface area contributed by atoms with Crippen molar-refractivity contribution in [3.8, 4) is 11.6 Å². The summed E-state index contributed by atoms with van der Waals surface area (Å²) in [5.74, 6) is 1.03. The number of hydrogen-bond donors (Lipinski definition) is 1. The minimum Gasteiger partial charge on any atom is -0.456 e. The highest BCUT2D eigenvalue weighted by Gasteiger charge is 2.31. The van der Waals surface area contributed by atoms with Gasteiger partial charge in [-0.15, -0.1) is 10.2 Å². The first-order chi connectivity index (χ1) is 9.49. The third kappa shape index (κ3) is 2.03. The van der Waals surface area contributed by atoms with Gasteiger partial charge < -0.3 is 10.2 Å². The molecule has 0 saturated carbocycles. The molecule has 3 rings (SSSR count). The Hall–Kier alpha value is -2.35. The molecular weight excluding hydrogens is 273 g/mol. The van der Waals surface area contributed by atoms with Crippen LogP contribution in [0.1, 0.15) is 11.3 Å². The van der Waals surface area contributed by atoms with E-state index in [1.807, 2.05) is 0 Å². The van der Waals surface area contributed by atoms with Crippen LogP contribution in [0.2, 0.25) is 0 Å². The van der Waals surface area contributed by atoms with Gasteiger partial charge in [0.2, 0.25) is 5.82 Å². The molecule has 0 bridgehead atoms. The van der Waals surface area contributed by atoms with Gasteiger partial charge in [-0.2, -0.15) is 13.2 Å². The molecule has 0 spiro atoms. The average molecular weight is 282 g/mol. The summed E-state index contributed by atoms with van der Waals surface area (Å²) in [4.78, 5) is 0. The predicted molar refractivity (Wildman–Crippen MR) is 63.6 cm³/mol. The monoisotopic (exact) mass is 282 g/mol. The van der Waals surface area contributed by atoms with Gasteiger partial charge in [0.05, 0.1) is 12.1 Å². The van der Waals surface area contributed by atoms with Crippen LogP contribution >= 0.6 is 0 Å². The van der Waals surface area contributed by atoms with Crippen LogP contribution in [0, 0.1) is 0 Å². The summed E-state index contributed by atoms with van der Waals surface area (Å²) in [6.07, 6.45) is -3.49. The maximum absolute atomic E-state index is 12.7. The van der Waals surface area contributed by atoms with Crippen LogP contribution in [0.15, 0.2) is 34.9 Å². The summed E-state index contributed by atoms with van der Waals surface area (Å²) in [7, 11) is 0. The second kappa shape index (κ2) is 4.34. The summed E-state index contributed by atoms with van der Waals surface area (Å²) in [6.45, 7) is 0.199. The average Bonchev–Trinajstić information content (AvgIpc) is 3.02. The topological polar surface area (TPSA) is 69.3 Å². The molecule has 3 aromatic heterocycles. The third-order valence-corrected chi connectivity index (χ3v) is 2.81. The van der Waals surface area contributed by atoms with Crippen molar-refractivity contribution in [2.75, 3.05) is 0 Å². The normalized spacial score (nSPS) is 12.2. The Bertz CT molecular complexity index is 759. The van der Waals surface area contributed by atoms with Gasteiger partial charge in [0, 0.05) is 6.20 Å². The molecule has 0 aromatic carbocycles. The van der Waals surface area contributed by atoms with Gasteiger partial charge in [-0.3, -0.25) is 4.40 Å². The van der Waals surface area contributed by atoms with Crippen molar-refractivity contribution < 1.29 is 17.6 Å². The number of halogens is 3. The van der Waals surface area contributed by atoms with Gasteiger partial charge in [-0.25, -0.2) is 0 Å². The molecule has 3 heterocycles. The van der Waals surface area contributed by atoms with Crippen molar-refractivity contribution in [3.63, 3.8) is 0 Å². The van der Waals surface area contributed by atoms with Gasteiger partial charge in [-0.05, 0) is 24.3 Å². The van der Waals surface area contributed by atoms with E-state index in [-0.39, 0.29) is 12.4 Å². The number of fused-ring (bicyclic) bond motifs is 1. The van der Waals surface area contributed by atoms with Gasteiger partial charge >= 0.3 is 6.18 Å². The van der Waals surface area contributed by atoms with E-state index in [4.69, 9.17) is 10.2 Å². The fourth-order valence-electron chi connectivity index (χ4n) is 1.83. The van der Waals surface area contributed by atoms with Crippen LogP contribution in [0.5, 0.6) is 0 Å². The van der Waals surface area contributed by atoms with Crippen molar-refractivity contribution in [3.05, 3.63) is 41.8 Å². The molecule has 0 aliphatic heterocycles. The Morgan fingerprint density at radius 1 is 1.15 bits per heavy atom. The number of rotatable bonds is 2. The zero-order valence-electron chi connectivity index (χ0n) is 10.1. The fourth-order valence-corrected chi connectivity index (χ4v) is 1.83. The van der Waals surface area contributed by atoms with Crippen molar-refractivity contribution in [1.82, 2.24) is 14.6 Å². The SMILES string of the molecule is NCc1ccc(-c2nnc3ccc(C(F)(F)F)cn23)o1. The van der Waals surface area contributed by atoms with Crippen LogP contribution in [0.3, 0.4) is 0 Å². The van der Waals surface area contributed by atoms with Crippen LogP contribution in [0.25, 0.3) is 17.2 Å². The lowest BCUT2D eigenvalue weighted by atomic mass is 10.2. The summed E-state index contributed by atoms with van der Waals surface area (Å²) < 4.78 is 44.8. The van der Waals surface area contributed by atoms with Crippen LogP contribution in [0.4, 0.5) is 13.2 Å². The first-order valence-corrected chi connectivity index (χ1v) is 5.70. The molecule has 8 heteroatoms. The summed E-state index contributed by atoms with van der Waals surface area (Å²) in [5.41, 5.74) is 4.95. The number of furan rings is 1. The highest BCUT2D eigenvalue weighted by molar-refractivity contribution is 5.54. The molecule has 104 valence electrons. The standard InChI is InChI=1S/C12H9F3N4O/c13-12(14,15)7-1-4-10-17-18-11(19(10)6-7)9-3-2-8(5-16)20-9/h1-4,6H,5,16H2. The molecule has 0 fully saturated rings. The van der Waals surface area contributed by atoms with E-state index in [0.29, 0.717) is 17.2 Å². The van der Waals surface area contributed by atoms with E-state index in [1.165, 1.54) is 10.5 Å². The minimum absolute atomic E-state index is 0.199. The molecule has 0 unspecified atom stereocenters. The number of nitrogens with two attached hydrogens (primary N) is 1. The van der Waals surface area contributed by atoms with Gasteiger partial charge in [-0.1, -0.05) is 0 Å². The first-order valence-electron chi connectivity index (χ1n) is 5.70. The van der Waals surface area contributed by atoms with E-state index in [2.05, 4.69) is 10.2 Å². The molecule has 3 aromatic rings. The Kier molecular flexibility index (Phi) is 2.75. The molecular formula is C12H9F3N4O. The van der Waals surface area contributed by atoms with Crippen molar-refractivity contribution >= 4 is 5.65 Å². The second-order valence-corrected chi connectivity index (χ2v) is 4.14. The maximum Gasteiger partial charge on any atom is 0.417 e. The largest absolute Gasteiger partial charge is 0.456 e. The number of aromatic nitrogens is 3. The van der Waals surface area contributed by atoms with E-state index >= 15 is 0 Å². The van der Waals surface area contributed by atoms with E-state index in [9.17, 15) is 13.2 Å². The number of alkyl halides is 3. The minimum atomic E-state index is -4.43. The number of hydrogen-bond acceptors (Lipinski definition) is 4. The van der Waals surface area contributed by atoms with Crippen LogP contribution in [-0.2, 0) is 12.7 Å². The predicted octanol–water partition coefficient (Wildman–Crippen LogP) is 2.47. The molecule has 2 N–H and O–H groups in total. The summed E-state index contributed by atoms with van der Waals surface area (Å²) in [6, 6.07) is 5.45. The Balaban J connectivity index is 2.16. The van der Waals surface area contributed by atoms with Gasteiger partial charge in [0.1, 0.15) is 5.76 Å². The second-order valence-electron chi connectivity index (χ2n) is 4.14. The van der Waals surface area contributed by atoms with Crippen molar-refractivity contribution in [1.29, 1.82) is 0 Å². The van der Waals surface area contributed by atoms with Crippen molar-refractivity contribution in [2.24, 2.45) is 5.73 Å². The first kappa shape index (κ1) is 12.7. The van der Waals surface area contributed by atoms with E-state index in [0.717, 1.165) is 12.3 Å². The molecule has 0 atom stereocenters. The lowest BCUT2D eigenvalue weighted by Crippen LogP contribution is -2.06. The third-order valence-electron chi connectivity index (χ3n) is 2.81. The molecule has 0 saturated heterocycles. The summed E-state index contributed by atoms with van der Waals surface area (Å²) >= 11 is 0. The Morgan fingerprint density at radius 3 is 2.60 bits per heavy atom. The smallest absolute Gasteiger partial charge is 0.417 e. The summed E-state index contributed by atoms with van der Waals surface area (Å²) in [5, 5.41) is 7.66. The van der Waals surface area contributed by atoms with Gasteiger partial charge in [0.25, 0.3) is 0 Å². The van der Waals surface area contributed by atoms with E-state index in [1.54, 1.807) is 12.1 Å². The molecule has 0 aliphatic rings. The quantitative estimate of drug-likeness (QED) is 0.784. The van der Waals surface area contributed by atoms with Crippen LogP contribution in [-0.4, -0.2) is 14.6 Å². The lowest BCUT2D eigenvalue weighted by molar-refractivity contribution is -0.137. The molecule has 0 amide bonds. The van der Waals surface area contributed by atoms with E-state index < -0.39 is 11.7 Å². The highest BCUT2D eigenvalue weighted by Crippen LogP contribution is 2.30. The maximum atomic E-state index is 12.7. The fraction of sp³-hybridized carbons (Fsp3) is 0.167. The molecule has 5 nitrogen and oxygen atoms in total. The number of nitrogens with zero attached hydrogens (tertiary/aromatic N) is 3. The highest BCUT2D eigenvalue weighted by atomic mass is 19.4. The molecule has 20 heavy (non-hydrogen) atoms. The van der Waals surface area contributed by atoms with Crippen molar-refractivity contribution in [2.45, 2.75) is 12.7 Å². The lowest BCUT2D eigenvalue weighted by Gasteiger charge is -2.06. The zero-order chi connectivity index (χ0) is 14.3. The van der Waals surface area contributed by atoms with Gasteiger partial charge in [0.15, 0.2) is 11.4 Å². The number of pyridine rings is 1. The molecule has 0 radical (unpaired) electrons. The Morgan fingerprint density at radius 2 is 1.95 bits per heavy atom. The van der Waals surface area contributed by atoms with Crippen LogP contribution < -0.4 is 5.73 Å². The zero-order valence-corrected chi connectivity index (χ0v) is 10.1.